The van der Waals surface area contributed by atoms with Crippen LogP contribution in [-0.4, -0.2) is 7.05 Å². The maximum atomic E-state index is 13.1. The Morgan fingerprint density at radius 1 is 1.26 bits per heavy atom. The zero-order chi connectivity index (χ0) is 14.0. The molecule has 0 radical (unpaired) electrons. The summed E-state index contributed by atoms with van der Waals surface area (Å²) in [5, 5.41) is 3.31. The highest BCUT2D eigenvalue weighted by Gasteiger charge is 2.17. The van der Waals surface area contributed by atoms with Crippen LogP contribution >= 0.6 is 46.1 Å². The lowest BCUT2D eigenvalue weighted by Crippen LogP contribution is -2.18. The standard InChI is InChI=1S/C13H11Cl3FNS/c1-18-11(8-6-12(15)19-13(8)16)5-7-2-3-10(17)9(14)4-7/h2-4,6,11,18H,5H2,1H3. The lowest BCUT2D eigenvalue weighted by molar-refractivity contribution is 0.591. The zero-order valence-electron chi connectivity index (χ0n) is 10.0. The molecule has 1 aromatic heterocycles. The molecule has 1 heterocycles. The number of thiophene rings is 1. The van der Waals surface area contributed by atoms with Crippen LogP contribution in [0.15, 0.2) is 24.3 Å². The second-order valence-electron chi connectivity index (χ2n) is 4.07. The van der Waals surface area contributed by atoms with Gasteiger partial charge in [-0.15, -0.1) is 11.3 Å². The molecule has 1 N–H and O–H groups in total. The van der Waals surface area contributed by atoms with Gasteiger partial charge in [0.05, 0.1) is 13.7 Å². The van der Waals surface area contributed by atoms with Crippen molar-refractivity contribution in [3.63, 3.8) is 0 Å². The number of benzene rings is 1. The Balaban J connectivity index is 2.23. The van der Waals surface area contributed by atoms with Crippen molar-refractivity contribution in [2.24, 2.45) is 0 Å². The summed E-state index contributed by atoms with van der Waals surface area (Å²) in [6, 6.07) is 6.57. The lowest BCUT2D eigenvalue weighted by Gasteiger charge is -2.16. The molecule has 19 heavy (non-hydrogen) atoms. The van der Waals surface area contributed by atoms with Gasteiger partial charge < -0.3 is 5.32 Å². The number of rotatable bonds is 4. The van der Waals surface area contributed by atoms with Gasteiger partial charge in [-0.25, -0.2) is 4.39 Å². The quantitative estimate of drug-likeness (QED) is 0.792. The van der Waals surface area contributed by atoms with Crippen LogP contribution in [0.3, 0.4) is 0 Å². The lowest BCUT2D eigenvalue weighted by atomic mass is 10.0. The van der Waals surface area contributed by atoms with Crippen LogP contribution < -0.4 is 5.32 Å². The van der Waals surface area contributed by atoms with E-state index in [0.717, 1.165) is 11.1 Å². The molecule has 1 aromatic carbocycles. The molecule has 102 valence electrons. The Labute approximate surface area is 130 Å². The minimum atomic E-state index is -0.414. The van der Waals surface area contributed by atoms with Gasteiger partial charge in [0.25, 0.3) is 0 Å². The van der Waals surface area contributed by atoms with E-state index in [2.05, 4.69) is 5.32 Å². The van der Waals surface area contributed by atoms with E-state index < -0.39 is 5.82 Å². The summed E-state index contributed by atoms with van der Waals surface area (Å²) in [4.78, 5) is 0. The minimum absolute atomic E-state index is 0.0118. The maximum Gasteiger partial charge on any atom is 0.141 e. The van der Waals surface area contributed by atoms with E-state index in [1.165, 1.54) is 17.4 Å². The molecular weight excluding hydrogens is 328 g/mol. The number of hydrogen-bond donors (Lipinski definition) is 1. The Morgan fingerprint density at radius 3 is 2.53 bits per heavy atom. The topological polar surface area (TPSA) is 12.0 Å². The van der Waals surface area contributed by atoms with E-state index in [1.54, 1.807) is 12.1 Å². The van der Waals surface area contributed by atoms with Gasteiger partial charge in [0, 0.05) is 11.6 Å². The summed E-state index contributed by atoms with van der Waals surface area (Å²) in [5.74, 6) is -0.414. The molecule has 1 unspecified atom stereocenters. The van der Waals surface area contributed by atoms with Crippen LogP contribution in [0.5, 0.6) is 0 Å². The molecule has 0 saturated heterocycles. The monoisotopic (exact) mass is 337 g/mol. The smallest absolute Gasteiger partial charge is 0.141 e. The first-order valence-corrected chi connectivity index (χ1v) is 7.52. The molecule has 0 spiro atoms. The van der Waals surface area contributed by atoms with Crippen molar-refractivity contribution in [3.05, 3.63) is 54.9 Å². The van der Waals surface area contributed by atoms with Crippen LogP contribution in [0, 0.1) is 5.82 Å². The second kappa shape index (κ2) is 6.42. The van der Waals surface area contributed by atoms with Gasteiger partial charge in [-0.05, 0) is 37.2 Å². The molecule has 0 amide bonds. The van der Waals surface area contributed by atoms with Gasteiger partial charge in [0.2, 0.25) is 0 Å². The molecule has 0 aliphatic rings. The van der Waals surface area contributed by atoms with Crippen molar-refractivity contribution in [3.8, 4) is 0 Å². The highest BCUT2D eigenvalue weighted by atomic mass is 35.5. The Kier molecular flexibility index (Phi) is 5.09. The van der Waals surface area contributed by atoms with Crippen molar-refractivity contribution in [1.29, 1.82) is 0 Å². The van der Waals surface area contributed by atoms with Crippen molar-refractivity contribution in [2.45, 2.75) is 12.5 Å². The summed E-state index contributed by atoms with van der Waals surface area (Å²) in [5.41, 5.74) is 1.88. The van der Waals surface area contributed by atoms with Gasteiger partial charge in [-0.2, -0.15) is 0 Å². The average molecular weight is 339 g/mol. The fourth-order valence-corrected chi connectivity index (χ4v) is 3.64. The number of likely N-dealkylation sites (N-methyl/N-ethyl adjacent to an activating group) is 1. The summed E-state index contributed by atoms with van der Waals surface area (Å²) in [7, 11) is 1.84. The third-order valence-electron chi connectivity index (χ3n) is 2.83. The van der Waals surface area contributed by atoms with Crippen molar-refractivity contribution in [1.82, 2.24) is 5.32 Å². The molecule has 6 heteroatoms. The predicted octanol–water partition coefficient (Wildman–Crippen LogP) is 5.35. The molecule has 2 rings (SSSR count). The van der Waals surface area contributed by atoms with E-state index >= 15 is 0 Å². The Bertz CT molecular complexity index is 585. The van der Waals surface area contributed by atoms with Gasteiger partial charge in [-0.1, -0.05) is 40.9 Å². The second-order valence-corrected chi connectivity index (χ2v) is 6.77. The third kappa shape index (κ3) is 3.61. The van der Waals surface area contributed by atoms with E-state index in [9.17, 15) is 4.39 Å². The van der Waals surface area contributed by atoms with Crippen LogP contribution in [0.25, 0.3) is 0 Å². The van der Waals surface area contributed by atoms with Gasteiger partial charge >= 0.3 is 0 Å². The van der Waals surface area contributed by atoms with E-state index in [-0.39, 0.29) is 11.1 Å². The first-order chi connectivity index (χ1) is 9.01. The summed E-state index contributed by atoms with van der Waals surface area (Å²) < 4.78 is 14.4. The van der Waals surface area contributed by atoms with Gasteiger partial charge in [0.15, 0.2) is 0 Å². The van der Waals surface area contributed by atoms with Crippen molar-refractivity contribution in [2.75, 3.05) is 7.05 Å². The normalized spacial score (nSPS) is 12.7. The molecule has 0 aliphatic carbocycles. The molecule has 0 fully saturated rings. The summed E-state index contributed by atoms with van der Waals surface area (Å²) in [6.07, 6.45) is 0.656. The van der Waals surface area contributed by atoms with Crippen LogP contribution in [0.2, 0.25) is 13.7 Å². The summed E-state index contributed by atoms with van der Waals surface area (Å²) >= 11 is 19.2. The third-order valence-corrected chi connectivity index (χ3v) is 4.64. The molecule has 0 bridgehead atoms. The molecule has 1 nitrogen and oxygen atoms in total. The molecule has 0 saturated carbocycles. The van der Waals surface area contributed by atoms with Gasteiger partial charge in [-0.3, -0.25) is 0 Å². The van der Waals surface area contributed by atoms with Crippen molar-refractivity contribution >= 4 is 46.1 Å². The minimum Gasteiger partial charge on any atom is -0.313 e. The molecule has 0 aliphatic heterocycles. The fraction of sp³-hybridized carbons (Fsp3) is 0.231. The molecular formula is C13H11Cl3FNS. The number of halogens is 4. The number of nitrogens with one attached hydrogen (secondary N) is 1. The molecule has 2 aromatic rings. The molecule has 1 atom stereocenters. The number of hydrogen-bond acceptors (Lipinski definition) is 2. The highest BCUT2D eigenvalue weighted by Crippen LogP contribution is 2.36. The van der Waals surface area contributed by atoms with Crippen molar-refractivity contribution < 1.29 is 4.39 Å². The van der Waals surface area contributed by atoms with E-state index in [4.69, 9.17) is 34.8 Å². The Morgan fingerprint density at radius 2 is 2.00 bits per heavy atom. The average Bonchev–Trinajstić information content (AvgIpc) is 2.70. The maximum absolute atomic E-state index is 13.1. The first-order valence-electron chi connectivity index (χ1n) is 5.57. The predicted molar refractivity (Wildman–Crippen MR) is 81.3 cm³/mol. The van der Waals surface area contributed by atoms with Crippen LogP contribution in [0.1, 0.15) is 17.2 Å². The zero-order valence-corrected chi connectivity index (χ0v) is 13.1. The van der Waals surface area contributed by atoms with E-state index in [1.807, 2.05) is 13.1 Å². The SMILES string of the molecule is CNC(Cc1ccc(F)c(Cl)c1)c1cc(Cl)sc1Cl. The van der Waals surface area contributed by atoms with Crippen LogP contribution in [0.4, 0.5) is 4.39 Å². The highest BCUT2D eigenvalue weighted by molar-refractivity contribution is 7.20. The fourth-order valence-electron chi connectivity index (χ4n) is 1.86. The summed E-state index contributed by atoms with van der Waals surface area (Å²) in [6.45, 7) is 0. The van der Waals surface area contributed by atoms with E-state index in [0.29, 0.717) is 15.1 Å². The van der Waals surface area contributed by atoms with Crippen LogP contribution in [-0.2, 0) is 6.42 Å². The van der Waals surface area contributed by atoms with Gasteiger partial charge in [0.1, 0.15) is 5.82 Å². The first kappa shape index (κ1) is 15.1. The Hall–Kier alpha value is -0.320. The largest absolute Gasteiger partial charge is 0.313 e.